The number of aryl methyl sites for hydroxylation is 1. The van der Waals surface area contributed by atoms with Crippen molar-refractivity contribution in [1.82, 2.24) is 5.32 Å². The van der Waals surface area contributed by atoms with Crippen LogP contribution in [-0.4, -0.2) is 23.9 Å². The number of nitrogens with one attached hydrogen (secondary N) is 2. The molecule has 1 aromatic carbocycles. The summed E-state index contributed by atoms with van der Waals surface area (Å²) < 4.78 is 4.97. The van der Waals surface area contributed by atoms with Gasteiger partial charge in [-0.1, -0.05) is 0 Å². The van der Waals surface area contributed by atoms with E-state index in [0.29, 0.717) is 18.7 Å². The maximum absolute atomic E-state index is 11.6. The third-order valence-electron chi connectivity index (χ3n) is 2.88. The minimum Gasteiger partial charge on any atom is -0.459 e. The smallest absolute Gasteiger partial charge is 0.287 e. The second kappa shape index (κ2) is 6.56. The van der Waals surface area contributed by atoms with E-state index >= 15 is 0 Å². The molecule has 0 aliphatic carbocycles. The number of carbonyl (C=O) groups is 1. The average molecular weight is 289 g/mol. The van der Waals surface area contributed by atoms with E-state index in [1.54, 1.807) is 31.2 Å². The molecule has 1 amide bonds. The Morgan fingerprint density at radius 3 is 2.76 bits per heavy atom. The van der Waals surface area contributed by atoms with Crippen LogP contribution in [0.15, 0.2) is 41.0 Å². The van der Waals surface area contributed by atoms with Crippen molar-refractivity contribution in [2.24, 2.45) is 0 Å². The molecule has 0 unspecified atom stereocenters. The number of anilines is 1. The average Bonchev–Trinajstić information content (AvgIpc) is 2.97. The number of nitro groups is 1. The number of hydrogen-bond donors (Lipinski definition) is 2. The molecular formula is C14H15N3O4. The highest BCUT2D eigenvalue weighted by atomic mass is 16.6. The van der Waals surface area contributed by atoms with Crippen molar-refractivity contribution in [2.75, 3.05) is 18.4 Å². The normalized spacial score (nSPS) is 10.1. The quantitative estimate of drug-likeness (QED) is 0.483. The van der Waals surface area contributed by atoms with Crippen molar-refractivity contribution in [3.63, 3.8) is 0 Å². The highest BCUT2D eigenvalue weighted by molar-refractivity contribution is 5.91. The molecule has 0 radical (unpaired) electrons. The highest BCUT2D eigenvalue weighted by Crippen LogP contribution is 2.21. The summed E-state index contributed by atoms with van der Waals surface area (Å²) in [6.45, 7) is 2.60. The first-order valence-corrected chi connectivity index (χ1v) is 6.38. The third kappa shape index (κ3) is 3.82. The Morgan fingerprint density at radius 1 is 1.33 bits per heavy atom. The van der Waals surface area contributed by atoms with Crippen molar-refractivity contribution < 1.29 is 14.1 Å². The first-order valence-electron chi connectivity index (χ1n) is 6.38. The largest absolute Gasteiger partial charge is 0.459 e. The van der Waals surface area contributed by atoms with Gasteiger partial charge in [-0.2, -0.15) is 0 Å². The number of rotatable bonds is 6. The highest BCUT2D eigenvalue weighted by Gasteiger charge is 2.10. The van der Waals surface area contributed by atoms with Gasteiger partial charge in [-0.15, -0.1) is 0 Å². The van der Waals surface area contributed by atoms with Crippen LogP contribution in [0.2, 0.25) is 0 Å². The lowest BCUT2D eigenvalue weighted by molar-refractivity contribution is -0.385. The van der Waals surface area contributed by atoms with Gasteiger partial charge < -0.3 is 15.1 Å². The third-order valence-corrected chi connectivity index (χ3v) is 2.88. The Hall–Kier alpha value is -2.83. The zero-order chi connectivity index (χ0) is 15.2. The van der Waals surface area contributed by atoms with Crippen LogP contribution >= 0.6 is 0 Å². The van der Waals surface area contributed by atoms with E-state index in [1.165, 1.54) is 12.3 Å². The molecule has 0 saturated heterocycles. The van der Waals surface area contributed by atoms with E-state index in [0.717, 1.165) is 5.69 Å². The van der Waals surface area contributed by atoms with E-state index in [2.05, 4.69) is 10.6 Å². The number of furan rings is 1. The molecule has 7 nitrogen and oxygen atoms in total. The van der Waals surface area contributed by atoms with Crippen LogP contribution in [0.4, 0.5) is 11.4 Å². The summed E-state index contributed by atoms with van der Waals surface area (Å²) in [6, 6.07) is 8.03. The maximum atomic E-state index is 11.6. The Labute approximate surface area is 121 Å². The summed E-state index contributed by atoms with van der Waals surface area (Å²) in [5, 5.41) is 16.5. The standard InChI is InChI=1S/C14H15N3O4/c1-10-9-11(4-5-12(10)17(19)20)15-6-7-16-14(18)13-3-2-8-21-13/h2-5,8-9,15H,6-7H2,1H3,(H,16,18). The second-order valence-electron chi connectivity index (χ2n) is 4.42. The summed E-state index contributed by atoms with van der Waals surface area (Å²) in [6.07, 6.45) is 1.44. The van der Waals surface area contributed by atoms with E-state index in [1.807, 2.05) is 0 Å². The molecule has 2 aromatic rings. The molecule has 21 heavy (non-hydrogen) atoms. The summed E-state index contributed by atoms with van der Waals surface area (Å²) in [5.74, 6) is -0.0112. The van der Waals surface area contributed by atoms with Gasteiger partial charge in [-0.3, -0.25) is 14.9 Å². The van der Waals surface area contributed by atoms with Gasteiger partial charge in [-0.25, -0.2) is 0 Å². The molecular weight excluding hydrogens is 274 g/mol. The SMILES string of the molecule is Cc1cc(NCCNC(=O)c2ccco2)ccc1[N+](=O)[O-]. The van der Waals surface area contributed by atoms with Gasteiger partial charge in [0, 0.05) is 30.4 Å². The van der Waals surface area contributed by atoms with Gasteiger partial charge in [0.1, 0.15) is 0 Å². The summed E-state index contributed by atoms with van der Waals surface area (Å²) in [5.41, 5.74) is 1.45. The minimum absolute atomic E-state index is 0.0895. The van der Waals surface area contributed by atoms with Crippen molar-refractivity contribution in [2.45, 2.75) is 6.92 Å². The number of nitro benzene ring substituents is 1. The zero-order valence-electron chi connectivity index (χ0n) is 11.5. The van der Waals surface area contributed by atoms with Crippen LogP contribution in [0.3, 0.4) is 0 Å². The zero-order valence-corrected chi connectivity index (χ0v) is 11.5. The molecule has 2 rings (SSSR count). The molecule has 0 aliphatic heterocycles. The Balaban J connectivity index is 1.80. The summed E-state index contributed by atoms with van der Waals surface area (Å²) in [4.78, 5) is 21.9. The molecule has 0 spiro atoms. The lowest BCUT2D eigenvalue weighted by Gasteiger charge is -2.08. The van der Waals surface area contributed by atoms with Crippen molar-refractivity contribution >= 4 is 17.3 Å². The molecule has 0 fully saturated rings. The lowest BCUT2D eigenvalue weighted by atomic mass is 10.2. The van der Waals surface area contributed by atoms with Crippen molar-refractivity contribution in [3.8, 4) is 0 Å². The van der Waals surface area contributed by atoms with E-state index in [4.69, 9.17) is 4.42 Å². The van der Waals surface area contributed by atoms with Gasteiger partial charge in [0.15, 0.2) is 5.76 Å². The van der Waals surface area contributed by atoms with Crippen molar-refractivity contribution in [3.05, 3.63) is 58.0 Å². The first-order chi connectivity index (χ1) is 10.1. The monoisotopic (exact) mass is 289 g/mol. The van der Waals surface area contributed by atoms with Gasteiger partial charge in [0.2, 0.25) is 0 Å². The van der Waals surface area contributed by atoms with E-state index < -0.39 is 4.92 Å². The molecule has 2 N–H and O–H groups in total. The predicted molar refractivity (Wildman–Crippen MR) is 77.4 cm³/mol. The predicted octanol–water partition coefficient (Wildman–Crippen LogP) is 2.34. The topological polar surface area (TPSA) is 97.4 Å². The lowest BCUT2D eigenvalue weighted by Crippen LogP contribution is -2.28. The maximum Gasteiger partial charge on any atom is 0.287 e. The van der Waals surface area contributed by atoms with E-state index in [9.17, 15) is 14.9 Å². The Kier molecular flexibility index (Phi) is 4.55. The number of hydrogen-bond acceptors (Lipinski definition) is 5. The molecule has 110 valence electrons. The number of nitrogens with zero attached hydrogens (tertiary/aromatic N) is 1. The second-order valence-corrected chi connectivity index (χ2v) is 4.42. The first kappa shape index (κ1) is 14.6. The van der Waals surface area contributed by atoms with Crippen LogP contribution in [0.25, 0.3) is 0 Å². The van der Waals surface area contributed by atoms with Crippen LogP contribution in [-0.2, 0) is 0 Å². The van der Waals surface area contributed by atoms with Gasteiger partial charge in [0.05, 0.1) is 11.2 Å². The Morgan fingerprint density at radius 2 is 2.14 bits per heavy atom. The molecule has 0 bridgehead atoms. The number of amides is 1. The minimum atomic E-state index is -0.414. The van der Waals surface area contributed by atoms with Crippen molar-refractivity contribution in [1.29, 1.82) is 0 Å². The number of carbonyl (C=O) groups excluding carboxylic acids is 1. The van der Waals surface area contributed by atoms with Gasteiger partial charge >= 0.3 is 0 Å². The fraction of sp³-hybridized carbons (Fsp3) is 0.214. The fourth-order valence-corrected chi connectivity index (χ4v) is 1.85. The van der Waals surface area contributed by atoms with Crippen LogP contribution in [0.1, 0.15) is 16.1 Å². The van der Waals surface area contributed by atoms with Crippen LogP contribution in [0.5, 0.6) is 0 Å². The Bertz CT molecular complexity index is 638. The fourth-order valence-electron chi connectivity index (χ4n) is 1.85. The summed E-state index contributed by atoms with van der Waals surface area (Å²) in [7, 11) is 0. The molecule has 7 heteroatoms. The molecule has 0 atom stereocenters. The van der Waals surface area contributed by atoms with Crippen LogP contribution < -0.4 is 10.6 Å². The molecule has 1 aromatic heterocycles. The molecule has 0 aliphatic rings. The molecule has 0 saturated carbocycles. The van der Waals surface area contributed by atoms with Gasteiger partial charge in [-0.05, 0) is 31.2 Å². The summed E-state index contributed by atoms with van der Waals surface area (Å²) >= 11 is 0. The van der Waals surface area contributed by atoms with Crippen LogP contribution in [0, 0.1) is 17.0 Å². The number of benzene rings is 1. The van der Waals surface area contributed by atoms with E-state index in [-0.39, 0.29) is 17.4 Å². The van der Waals surface area contributed by atoms with Gasteiger partial charge in [0.25, 0.3) is 11.6 Å². The molecule has 1 heterocycles.